The Morgan fingerprint density at radius 1 is 0.953 bits per heavy atom. The first-order valence-electron chi connectivity index (χ1n) is 16.3. The maximum Gasteiger partial charge on any atom is 0.335 e. The van der Waals surface area contributed by atoms with Gasteiger partial charge in [0, 0.05) is 37.2 Å². The first kappa shape index (κ1) is 30.4. The highest BCUT2D eigenvalue weighted by Crippen LogP contribution is 2.78. The summed E-state index contributed by atoms with van der Waals surface area (Å²) in [5, 5.41) is 8.76. The number of esters is 2. The van der Waals surface area contributed by atoms with E-state index in [4.69, 9.17) is 23.7 Å². The fraction of sp³-hybridized carbons (Fsp3) is 0.765. The molecular weight excluding hydrogens is 552 g/mol. The molecule has 1 spiro atoms. The van der Waals surface area contributed by atoms with Crippen LogP contribution in [0, 0.1) is 28.6 Å². The molecule has 4 aliphatic carbocycles. The first-order valence-corrected chi connectivity index (χ1v) is 16.3. The SMILES string of the molecule is CC(=O)O[C@H]1[C@H]2OC23C2CC[C@@H]4C[C@@H](OC(=O)CCCCCCC(=O)O)CC[C@]4(C)[C@H]2CC[C@]3(C)[C@H]1c1ccc(=O)oc1. The second-order valence-corrected chi connectivity index (χ2v) is 14.4. The smallest absolute Gasteiger partial charge is 0.335 e. The topological polar surface area (TPSA) is 133 Å². The van der Waals surface area contributed by atoms with Gasteiger partial charge in [-0.2, -0.15) is 0 Å². The van der Waals surface area contributed by atoms with Crippen LogP contribution in [0.15, 0.2) is 27.6 Å². The summed E-state index contributed by atoms with van der Waals surface area (Å²) in [6.45, 7) is 6.19. The lowest BCUT2D eigenvalue weighted by Gasteiger charge is -2.61. The van der Waals surface area contributed by atoms with Gasteiger partial charge in [0.2, 0.25) is 0 Å². The number of aliphatic carboxylic acids is 1. The van der Waals surface area contributed by atoms with Crippen molar-refractivity contribution in [2.24, 2.45) is 28.6 Å². The Kier molecular flexibility index (Phi) is 8.01. The molecule has 1 N–H and O–H groups in total. The zero-order chi connectivity index (χ0) is 30.6. The summed E-state index contributed by atoms with van der Waals surface area (Å²) in [6, 6.07) is 3.27. The highest BCUT2D eigenvalue weighted by Gasteiger charge is 2.84. The minimum absolute atomic E-state index is 0.0389. The fourth-order valence-electron chi connectivity index (χ4n) is 10.3. The van der Waals surface area contributed by atoms with Crippen molar-refractivity contribution in [1.29, 1.82) is 0 Å². The van der Waals surface area contributed by atoms with Crippen molar-refractivity contribution in [3.8, 4) is 0 Å². The molecule has 43 heavy (non-hydrogen) atoms. The van der Waals surface area contributed by atoms with Crippen molar-refractivity contribution in [1.82, 2.24) is 0 Å². The minimum Gasteiger partial charge on any atom is -0.481 e. The normalized spacial score (nSPS) is 40.8. The Morgan fingerprint density at radius 2 is 1.72 bits per heavy atom. The molecule has 1 aromatic heterocycles. The minimum atomic E-state index is -0.772. The molecule has 5 aliphatic rings. The molecule has 0 bridgehead atoms. The van der Waals surface area contributed by atoms with Crippen LogP contribution in [-0.4, -0.2) is 46.9 Å². The summed E-state index contributed by atoms with van der Waals surface area (Å²) in [5.74, 6) is 0.00291. The molecule has 1 saturated heterocycles. The molecular formula is C34H46O9. The van der Waals surface area contributed by atoms with Gasteiger partial charge in [-0.1, -0.05) is 26.7 Å². The van der Waals surface area contributed by atoms with Crippen molar-refractivity contribution in [3.63, 3.8) is 0 Å². The molecule has 9 heteroatoms. The van der Waals surface area contributed by atoms with Gasteiger partial charge in [-0.25, -0.2) is 4.79 Å². The summed E-state index contributed by atoms with van der Waals surface area (Å²) in [4.78, 5) is 47.3. The van der Waals surface area contributed by atoms with Gasteiger partial charge in [-0.15, -0.1) is 0 Å². The number of unbranched alkanes of at least 4 members (excludes halogenated alkanes) is 3. The zero-order valence-corrected chi connectivity index (χ0v) is 25.7. The third-order valence-corrected chi connectivity index (χ3v) is 12.3. The molecule has 0 amide bonds. The number of carboxylic acid groups (broad SMARTS) is 1. The van der Waals surface area contributed by atoms with Crippen LogP contribution in [0.25, 0.3) is 0 Å². The molecule has 1 aliphatic heterocycles. The number of carbonyl (C=O) groups excluding carboxylic acids is 2. The van der Waals surface area contributed by atoms with Crippen LogP contribution < -0.4 is 5.63 Å². The second kappa shape index (κ2) is 11.4. The molecule has 10 atom stereocenters. The van der Waals surface area contributed by atoms with Gasteiger partial charge >= 0.3 is 23.5 Å². The van der Waals surface area contributed by atoms with E-state index in [9.17, 15) is 19.2 Å². The van der Waals surface area contributed by atoms with E-state index in [-0.39, 0.29) is 52.9 Å². The van der Waals surface area contributed by atoms with E-state index < -0.39 is 17.7 Å². The summed E-state index contributed by atoms with van der Waals surface area (Å²) >= 11 is 0. The number of hydrogen-bond donors (Lipinski definition) is 1. The number of fused-ring (bicyclic) bond motifs is 3. The first-order chi connectivity index (χ1) is 20.5. The standard InChI is InChI=1S/C34H46O9/c1-20(35)41-30-29(21-10-13-27(38)40-19-21)33(3)17-15-24-25(34(33)31(30)43-34)12-11-22-18-23(14-16-32(22,24)2)42-28(39)9-7-5-4-6-8-26(36)37/h10,13,19,22-25,29-31H,4-9,11-12,14-18H2,1-3H3,(H,36,37)/t22-,23+,24+,25?,29+,30-,31-,32+,33-,34?/m1/s1. The van der Waals surface area contributed by atoms with E-state index in [1.54, 1.807) is 6.26 Å². The van der Waals surface area contributed by atoms with Gasteiger partial charge in [0.15, 0.2) is 0 Å². The fourth-order valence-corrected chi connectivity index (χ4v) is 10.3. The van der Waals surface area contributed by atoms with Crippen LogP contribution >= 0.6 is 0 Å². The third kappa shape index (κ3) is 5.13. The second-order valence-electron chi connectivity index (χ2n) is 14.4. The van der Waals surface area contributed by atoms with E-state index in [1.807, 2.05) is 6.07 Å². The monoisotopic (exact) mass is 598 g/mol. The molecule has 5 fully saturated rings. The van der Waals surface area contributed by atoms with Crippen LogP contribution in [0.4, 0.5) is 0 Å². The van der Waals surface area contributed by atoms with E-state index in [1.165, 1.54) is 13.0 Å². The largest absolute Gasteiger partial charge is 0.481 e. The van der Waals surface area contributed by atoms with E-state index in [0.717, 1.165) is 69.8 Å². The average Bonchev–Trinajstić information content (AvgIpc) is 3.66. The van der Waals surface area contributed by atoms with Crippen LogP contribution in [0.1, 0.15) is 116 Å². The molecule has 9 nitrogen and oxygen atoms in total. The average molecular weight is 599 g/mol. The van der Waals surface area contributed by atoms with Gasteiger partial charge in [0.1, 0.15) is 23.9 Å². The summed E-state index contributed by atoms with van der Waals surface area (Å²) in [6.07, 6.45) is 11.5. The van der Waals surface area contributed by atoms with Gasteiger partial charge in [0.05, 0.1) is 6.26 Å². The van der Waals surface area contributed by atoms with Crippen molar-refractivity contribution in [3.05, 3.63) is 34.4 Å². The van der Waals surface area contributed by atoms with E-state index in [2.05, 4.69) is 13.8 Å². The summed E-state index contributed by atoms with van der Waals surface area (Å²) in [7, 11) is 0. The Morgan fingerprint density at radius 3 is 2.42 bits per heavy atom. The molecule has 0 aromatic carbocycles. The number of carbonyl (C=O) groups is 3. The summed E-state index contributed by atoms with van der Waals surface area (Å²) in [5.41, 5.74) is 0.0266. The maximum atomic E-state index is 12.6. The van der Waals surface area contributed by atoms with Crippen LogP contribution in [0.5, 0.6) is 0 Å². The van der Waals surface area contributed by atoms with Gasteiger partial charge in [-0.3, -0.25) is 14.4 Å². The lowest BCUT2D eigenvalue weighted by molar-refractivity contribution is -0.168. The number of ether oxygens (including phenoxy) is 3. The van der Waals surface area contributed by atoms with Crippen molar-refractivity contribution >= 4 is 17.9 Å². The Labute approximate surface area is 253 Å². The number of epoxide rings is 1. The highest BCUT2D eigenvalue weighted by molar-refractivity contribution is 5.69. The Hall–Kier alpha value is -2.68. The predicted octanol–water partition coefficient (Wildman–Crippen LogP) is 5.78. The third-order valence-electron chi connectivity index (χ3n) is 12.3. The van der Waals surface area contributed by atoms with Crippen molar-refractivity contribution < 1.29 is 38.1 Å². The highest BCUT2D eigenvalue weighted by atomic mass is 16.7. The quantitative estimate of drug-likeness (QED) is 0.202. The molecule has 2 unspecified atom stereocenters. The Bertz CT molecular complexity index is 1280. The zero-order valence-electron chi connectivity index (χ0n) is 25.7. The molecule has 2 heterocycles. The van der Waals surface area contributed by atoms with Gasteiger partial charge in [-0.05, 0) is 92.6 Å². The predicted molar refractivity (Wildman–Crippen MR) is 155 cm³/mol. The number of hydrogen-bond acceptors (Lipinski definition) is 8. The molecule has 6 rings (SSSR count). The van der Waals surface area contributed by atoms with E-state index >= 15 is 0 Å². The number of carboxylic acids is 1. The summed E-state index contributed by atoms with van der Waals surface area (Å²) < 4.78 is 23.9. The molecule has 4 saturated carbocycles. The Balaban J connectivity index is 1.12. The maximum absolute atomic E-state index is 12.6. The lowest BCUT2D eigenvalue weighted by atomic mass is 9.44. The van der Waals surface area contributed by atoms with Crippen LogP contribution in [-0.2, 0) is 28.6 Å². The van der Waals surface area contributed by atoms with Crippen molar-refractivity contribution in [2.75, 3.05) is 0 Å². The van der Waals surface area contributed by atoms with E-state index in [0.29, 0.717) is 30.6 Å². The lowest BCUT2D eigenvalue weighted by Crippen LogP contribution is -2.58. The van der Waals surface area contributed by atoms with Crippen molar-refractivity contribution in [2.45, 2.75) is 134 Å². The molecule has 1 aromatic rings. The van der Waals surface area contributed by atoms with Crippen LogP contribution in [0.2, 0.25) is 0 Å². The van der Waals surface area contributed by atoms with Gasteiger partial charge in [0.25, 0.3) is 0 Å². The van der Waals surface area contributed by atoms with Gasteiger partial charge < -0.3 is 23.7 Å². The van der Waals surface area contributed by atoms with Crippen LogP contribution in [0.3, 0.4) is 0 Å². The number of rotatable bonds is 10. The molecule has 236 valence electrons. The molecule has 0 radical (unpaired) electrons.